The van der Waals surface area contributed by atoms with E-state index in [1.165, 1.54) is 0 Å². The molecule has 0 aromatic carbocycles. The van der Waals surface area contributed by atoms with E-state index in [9.17, 15) is 15.3 Å². The standard InChI is InChI=1S/C20H39N5O7/c1-20(28)8-29-19(14(27)17(20)25-3)31-15-11(23)6-12(24-2)16(13(15)26)32-18-10(22)5-4-9(7-21)30-18/h4,10-19,24-28H,5-8,21-23H2,1-3H3/t10-,11-,12+,13-,14+,15+,16-,17+,18+,19-,20+/m1/s1. The number of nitrogens with two attached hydrogens (primary N) is 3. The molecule has 11 N–H and O–H groups in total. The van der Waals surface area contributed by atoms with Crippen LogP contribution in [0.5, 0.6) is 0 Å². The van der Waals surface area contributed by atoms with Crippen molar-refractivity contribution in [2.24, 2.45) is 17.2 Å². The van der Waals surface area contributed by atoms with E-state index in [0.717, 1.165) is 0 Å². The van der Waals surface area contributed by atoms with Crippen LogP contribution in [0.3, 0.4) is 0 Å². The molecule has 1 saturated carbocycles. The Morgan fingerprint density at radius 1 is 1.09 bits per heavy atom. The molecule has 32 heavy (non-hydrogen) atoms. The number of aliphatic hydroxyl groups is 3. The van der Waals surface area contributed by atoms with Gasteiger partial charge in [-0.05, 0) is 39.9 Å². The molecule has 12 heteroatoms. The van der Waals surface area contributed by atoms with Gasteiger partial charge in [-0.25, -0.2) is 0 Å². The Labute approximate surface area is 188 Å². The Bertz CT molecular complexity index is 654. The van der Waals surface area contributed by atoms with Crippen molar-refractivity contribution in [3.8, 4) is 0 Å². The maximum absolute atomic E-state index is 11.2. The van der Waals surface area contributed by atoms with Gasteiger partial charge in [0.05, 0.1) is 25.2 Å². The highest BCUT2D eigenvalue weighted by atomic mass is 16.7. The average Bonchev–Trinajstić information content (AvgIpc) is 2.75. The van der Waals surface area contributed by atoms with Gasteiger partial charge in [-0.1, -0.05) is 0 Å². The molecular formula is C20H39N5O7. The van der Waals surface area contributed by atoms with Gasteiger partial charge in [0.25, 0.3) is 0 Å². The molecule has 0 radical (unpaired) electrons. The zero-order chi connectivity index (χ0) is 23.6. The number of likely N-dealkylation sites (N-methyl/N-ethyl adjacent to an activating group) is 2. The van der Waals surface area contributed by atoms with Gasteiger partial charge >= 0.3 is 0 Å². The zero-order valence-electron chi connectivity index (χ0n) is 18.9. The predicted molar refractivity (Wildman–Crippen MR) is 115 cm³/mol. The first-order valence-corrected chi connectivity index (χ1v) is 11.1. The highest BCUT2D eigenvalue weighted by Crippen LogP contribution is 2.31. The minimum absolute atomic E-state index is 0.0592. The smallest absolute Gasteiger partial charge is 0.215 e. The summed E-state index contributed by atoms with van der Waals surface area (Å²) in [6.45, 7) is 1.73. The van der Waals surface area contributed by atoms with Crippen molar-refractivity contribution in [1.29, 1.82) is 0 Å². The van der Waals surface area contributed by atoms with E-state index in [-0.39, 0.29) is 19.2 Å². The van der Waals surface area contributed by atoms with Crippen molar-refractivity contribution in [2.75, 3.05) is 27.2 Å². The summed E-state index contributed by atoms with van der Waals surface area (Å²) < 4.78 is 23.4. The Balaban J connectivity index is 1.73. The first-order valence-electron chi connectivity index (χ1n) is 11.1. The van der Waals surface area contributed by atoms with E-state index in [0.29, 0.717) is 18.6 Å². The Kier molecular flexibility index (Phi) is 8.50. The number of nitrogens with one attached hydrogen (secondary N) is 2. The fourth-order valence-corrected chi connectivity index (χ4v) is 4.68. The van der Waals surface area contributed by atoms with Gasteiger partial charge in [-0.15, -0.1) is 0 Å². The molecule has 0 amide bonds. The van der Waals surface area contributed by atoms with Gasteiger partial charge < -0.3 is 62.1 Å². The van der Waals surface area contributed by atoms with Crippen molar-refractivity contribution >= 4 is 0 Å². The van der Waals surface area contributed by atoms with Gasteiger partial charge in [-0.2, -0.15) is 0 Å². The topological polar surface area (TPSA) is 200 Å². The van der Waals surface area contributed by atoms with Crippen LogP contribution >= 0.6 is 0 Å². The molecule has 0 aromatic heterocycles. The van der Waals surface area contributed by atoms with Crippen LogP contribution in [0.4, 0.5) is 0 Å². The molecule has 2 fully saturated rings. The van der Waals surface area contributed by atoms with Gasteiger partial charge in [0.1, 0.15) is 35.8 Å². The maximum Gasteiger partial charge on any atom is 0.215 e. The first-order chi connectivity index (χ1) is 15.1. The van der Waals surface area contributed by atoms with Crippen LogP contribution in [-0.2, 0) is 18.9 Å². The number of hydrogen-bond acceptors (Lipinski definition) is 12. The molecule has 11 atom stereocenters. The molecule has 0 bridgehead atoms. The number of hydrogen-bond donors (Lipinski definition) is 8. The van der Waals surface area contributed by atoms with Crippen molar-refractivity contribution in [3.63, 3.8) is 0 Å². The zero-order valence-corrected chi connectivity index (χ0v) is 18.9. The number of aliphatic hydroxyl groups excluding tert-OH is 2. The summed E-state index contributed by atoms with van der Waals surface area (Å²) >= 11 is 0. The first kappa shape index (κ1) is 25.7. The largest absolute Gasteiger partial charge is 0.467 e. The summed E-state index contributed by atoms with van der Waals surface area (Å²) in [5.41, 5.74) is 16.9. The molecule has 2 aliphatic heterocycles. The third-order valence-corrected chi connectivity index (χ3v) is 6.55. The van der Waals surface area contributed by atoms with E-state index >= 15 is 0 Å². The minimum atomic E-state index is -1.28. The molecule has 0 aromatic rings. The van der Waals surface area contributed by atoms with Crippen molar-refractivity contribution in [2.45, 2.75) is 86.5 Å². The van der Waals surface area contributed by atoms with E-state index in [2.05, 4.69) is 10.6 Å². The van der Waals surface area contributed by atoms with E-state index in [1.54, 1.807) is 21.0 Å². The summed E-state index contributed by atoms with van der Waals surface area (Å²) in [6.07, 6.45) is -3.07. The van der Waals surface area contributed by atoms with Crippen LogP contribution in [0.2, 0.25) is 0 Å². The highest BCUT2D eigenvalue weighted by Gasteiger charge is 2.51. The second-order valence-electron chi connectivity index (χ2n) is 9.04. The summed E-state index contributed by atoms with van der Waals surface area (Å²) in [5.74, 6) is 0.580. The van der Waals surface area contributed by atoms with Gasteiger partial charge in [0, 0.05) is 12.1 Å². The lowest BCUT2D eigenvalue weighted by atomic mass is 9.83. The molecule has 0 spiro atoms. The van der Waals surface area contributed by atoms with Gasteiger partial charge in [0.2, 0.25) is 6.29 Å². The van der Waals surface area contributed by atoms with E-state index in [1.807, 2.05) is 6.08 Å². The molecule has 1 saturated heterocycles. The van der Waals surface area contributed by atoms with E-state index < -0.39 is 60.7 Å². The Morgan fingerprint density at radius 3 is 2.41 bits per heavy atom. The van der Waals surface area contributed by atoms with Gasteiger partial charge in [0.15, 0.2) is 6.29 Å². The summed E-state index contributed by atoms with van der Waals surface area (Å²) in [5, 5.41) is 38.3. The normalized spacial score (nSPS) is 47.6. The van der Waals surface area contributed by atoms with Crippen LogP contribution in [0, 0.1) is 0 Å². The van der Waals surface area contributed by atoms with Crippen LogP contribution in [0.25, 0.3) is 0 Å². The van der Waals surface area contributed by atoms with Crippen molar-refractivity contribution in [3.05, 3.63) is 11.8 Å². The van der Waals surface area contributed by atoms with Crippen LogP contribution in [-0.4, -0.2) is 109 Å². The second-order valence-corrected chi connectivity index (χ2v) is 9.04. The summed E-state index contributed by atoms with van der Waals surface area (Å²) in [6, 6.07) is -1.96. The molecule has 12 nitrogen and oxygen atoms in total. The van der Waals surface area contributed by atoms with Crippen LogP contribution in [0.1, 0.15) is 19.8 Å². The predicted octanol–water partition coefficient (Wildman–Crippen LogP) is -3.59. The summed E-state index contributed by atoms with van der Waals surface area (Å²) in [4.78, 5) is 0. The highest BCUT2D eigenvalue weighted by molar-refractivity contribution is 5.04. The quantitative estimate of drug-likeness (QED) is 0.186. The van der Waals surface area contributed by atoms with Gasteiger partial charge in [-0.3, -0.25) is 0 Å². The van der Waals surface area contributed by atoms with Crippen molar-refractivity contribution in [1.82, 2.24) is 10.6 Å². The third-order valence-electron chi connectivity index (χ3n) is 6.55. The molecule has 3 aliphatic rings. The molecule has 3 rings (SSSR count). The fraction of sp³-hybridized carbons (Fsp3) is 0.900. The number of rotatable bonds is 7. The van der Waals surface area contributed by atoms with Crippen LogP contribution < -0.4 is 27.8 Å². The Hall–Kier alpha value is -0.900. The third kappa shape index (κ3) is 5.26. The fourth-order valence-electron chi connectivity index (χ4n) is 4.68. The molecule has 1 aliphatic carbocycles. The lowest BCUT2D eigenvalue weighted by Gasteiger charge is -2.48. The minimum Gasteiger partial charge on any atom is -0.467 e. The lowest BCUT2D eigenvalue weighted by Crippen LogP contribution is -2.68. The second kappa shape index (κ2) is 10.6. The lowest BCUT2D eigenvalue weighted by molar-refractivity contribution is -0.303. The number of ether oxygens (including phenoxy) is 4. The Morgan fingerprint density at radius 2 is 1.78 bits per heavy atom. The molecule has 186 valence electrons. The van der Waals surface area contributed by atoms with Crippen molar-refractivity contribution < 1.29 is 34.3 Å². The summed E-state index contributed by atoms with van der Waals surface area (Å²) in [7, 11) is 3.38. The molecule has 2 heterocycles. The monoisotopic (exact) mass is 461 g/mol. The molecule has 0 unspecified atom stereocenters. The van der Waals surface area contributed by atoms with E-state index in [4.69, 9.17) is 36.1 Å². The van der Waals surface area contributed by atoms with Crippen LogP contribution in [0.15, 0.2) is 11.8 Å². The molecular weight excluding hydrogens is 422 g/mol. The maximum atomic E-state index is 11.2. The SMILES string of the molecule is CN[C@H]1C[C@@H](N)[C@H](O[C@H]2OC[C@](C)(O)[C@@H](NC)[C@@H]2O)[C@@H](O)[C@@H]1O[C@@H]1OC(CN)=CC[C@H]1N. The average molecular weight is 462 g/mol.